The predicted octanol–water partition coefficient (Wildman–Crippen LogP) is 5.29. The van der Waals surface area contributed by atoms with Crippen LogP contribution in [0.3, 0.4) is 0 Å². The van der Waals surface area contributed by atoms with Crippen LogP contribution in [0.1, 0.15) is 0 Å². The molecule has 17 nitrogen and oxygen atoms in total. The van der Waals surface area contributed by atoms with Crippen molar-refractivity contribution >= 4 is 92.9 Å². The van der Waals surface area contributed by atoms with Gasteiger partial charge in [-0.15, -0.1) is 0 Å². The average molecular weight is 815 g/mol. The average Bonchev–Trinajstić information content (AvgIpc) is 3.04. The Morgan fingerprint density at radius 1 is 0.885 bits per heavy atom. The van der Waals surface area contributed by atoms with Crippen LogP contribution in [0.2, 0.25) is 10.0 Å². The molecular formula is C28H15Cl2F2N7O10S3. The fourth-order valence-electron chi connectivity index (χ4n) is 5.25. The molecule has 7 N–H and O–H groups in total. The molecule has 3 aromatic carbocycles. The van der Waals surface area contributed by atoms with E-state index in [1.807, 2.05) is 0 Å². The van der Waals surface area contributed by atoms with Crippen molar-refractivity contribution in [2.45, 2.75) is 19.6 Å². The van der Waals surface area contributed by atoms with Crippen molar-refractivity contribution in [1.82, 2.24) is 15.0 Å². The van der Waals surface area contributed by atoms with Crippen LogP contribution in [-0.2, 0) is 30.1 Å². The monoisotopic (exact) mass is 813 g/mol. The largest absolute Gasteiger partial charge is 0.450 e. The first kappa shape index (κ1) is 35.2. The van der Waals surface area contributed by atoms with Crippen LogP contribution in [-0.4, -0.2) is 49.3 Å². The fourth-order valence-corrected chi connectivity index (χ4v) is 8.77. The van der Waals surface area contributed by atoms with Gasteiger partial charge in [-0.1, -0.05) is 29.3 Å². The summed E-state index contributed by atoms with van der Waals surface area (Å²) in [6.45, 7) is 0. The summed E-state index contributed by atoms with van der Waals surface area (Å²) in [5.74, 6) is -3.25. The molecule has 0 spiro atoms. The van der Waals surface area contributed by atoms with Gasteiger partial charge in [-0.05, 0) is 36.4 Å². The Labute approximate surface area is 299 Å². The van der Waals surface area contributed by atoms with Gasteiger partial charge in [0.1, 0.15) is 37.7 Å². The second-order valence-corrected chi connectivity index (χ2v) is 16.1. The molecule has 3 heterocycles. The lowest BCUT2D eigenvalue weighted by Crippen LogP contribution is -2.24. The molecule has 0 saturated carbocycles. The zero-order chi connectivity index (χ0) is 37.7. The summed E-state index contributed by atoms with van der Waals surface area (Å²) in [6, 6.07) is 8.50. The Morgan fingerprint density at radius 3 is 2.27 bits per heavy atom. The lowest BCUT2D eigenvalue weighted by atomic mass is 10.1. The minimum absolute atomic E-state index is 0.0553. The minimum atomic E-state index is -5.45. The van der Waals surface area contributed by atoms with Gasteiger partial charge in [0.15, 0.2) is 32.6 Å². The number of sulfone groups is 1. The predicted molar refractivity (Wildman–Crippen MR) is 177 cm³/mol. The third-order valence-corrected chi connectivity index (χ3v) is 11.7. The lowest BCUT2D eigenvalue weighted by molar-refractivity contribution is 0.449. The number of nitrogens with one attached hydrogen (secondary N) is 3. The number of ether oxygens (including phenoxy) is 1. The maximum Gasteiger partial charge on any atom is 0.313 e. The summed E-state index contributed by atoms with van der Waals surface area (Å²) in [5.41, 5.74) is 3.71. The van der Waals surface area contributed by atoms with Crippen molar-refractivity contribution in [3.63, 3.8) is 0 Å². The normalized spacial score (nSPS) is 13.0. The van der Waals surface area contributed by atoms with Crippen molar-refractivity contribution in [2.24, 2.45) is 0 Å². The van der Waals surface area contributed by atoms with Gasteiger partial charge >= 0.3 is 16.2 Å². The van der Waals surface area contributed by atoms with Crippen LogP contribution in [0, 0.1) is 17.4 Å². The molecule has 7 rings (SSSR count). The zero-order valence-electron chi connectivity index (χ0n) is 24.9. The summed E-state index contributed by atoms with van der Waals surface area (Å²) in [5, 5.41) is 11.8. The molecule has 0 saturated heterocycles. The van der Waals surface area contributed by atoms with E-state index in [2.05, 4.69) is 25.6 Å². The Morgan fingerprint density at radius 2 is 1.60 bits per heavy atom. The van der Waals surface area contributed by atoms with E-state index in [0.29, 0.717) is 0 Å². The smallest absolute Gasteiger partial charge is 0.313 e. The third-order valence-electron chi connectivity index (χ3n) is 7.38. The maximum atomic E-state index is 13.9. The molecule has 3 aliphatic rings. The lowest BCUT2D eigenvalue weighted by Gasteiger charge is -2.26. The standard InChI is InChI=1S/C28H15Cl2F2N7O10S3/c29-17-20-24(48-22-12(36-20)5-4-11(33)26(22)51(42,43)44)18(30)21-25(17)49-23-13(37-21)7-14(19(34)27(23)52(45,46)47)50(40,41)10-3-1-2-9(6-10)35-16-8-15(31)38-28(32)39-16/h1-8,34,36H,33H2,(H,35,38,39)(H,42,43,44)(H,45,46,47). The van der Waals surface area contributed by atoms with Gasteiger partial charge in [0.2, 0.25) is 15.8 Å². The highest BCUT2D eigenvalue weighted by molar-refractivity contribution is 7.91. The van der Waals surface area contributed by atoms with Gasteiger partial charge in [-0.3, -0.25) is 14.5 Å². The number of hydrogen-bond acceptors (Lipinski definition) is 15. The number of aromatic nitrogens is 3. The van der Waals surface area contributed by atoms with Crippen LogP contribution >= 0.6 is 23.2 Å². The quantitative estimate of drug-likeness (QED) is 0.0409. The number of nitrogens with two attached hydrogens (primary N) is 1. The molecule has 4 aromatic rings. The van der Waals surface area contributed by atoms with E-state index in [4.69, 9.17) is 43.5 Å². The third kappa shape index (κ3) is 5.78. The number of nitrogens with zero attached hydrogens (tertiary/aromatic N) is 3. The second kappa shape index (κ2) is 11.9. The number of nitrogen functional groups attached to an aromatic ring is 1. The van der Waals surface area contributed by atoms with Crippen LogP contribution in [0.15, 0.2) is 72.5 Å². The molecule has 1 aliphatic carbocycles. The van der Waals surface area contributed by atoms with Crippen molar-refractivity contribution in [3.8, 4) is 23.0 Å². The van der Waals surface area contributed by atoms with Crippen molar-refractivity contribution in [3.05, 3.63) is 76.0 Å². The molecule has 0 atom stereocenters. The van der Waals surface area contributed by atoms with Crippen LogP contribution in [0.5, 0.6) is 11.5 Å². The van der Waals surface area contributed by atoms with Crippen molar-refractivity contribution in [2.75, 3.05) is 16.4 Å². The number of rotatable bonds is 6. The van der Waals surface area contributed by atoms with E-state index in [0.717, 1.165) is 30.3 Å². The molecule has 0 fully saturated rings. The van der Waals surface area contributed by atoms with E-state index in [1.165, 1.54) is 18.2 Å². The van der Waals surface area contributed by atoms with Gasteiger partial charge in [0, 0.05) is 11.8 Å². The first-order valence-electron chi connectivity index (χ1n) is 13.8. The topological polar surface area (TPSA) is 278 Å². The first-order valence-corrected chi connectivity index (χ1v) is 18.9. The number of anilines is 5. The molecule has 0 radical (unpaired) electrons. The Bertz CT molecular complexity index is 2930. The maximum absolute atomic E-state index is 13.9. The SMILES string of the molecule is N=c1c(S(=O)(=O)c2cccc(Nc3cc(F)nc(F)n3)c2)cc2nc3c(Cl)c4c(c(Cl)c3oc-2c1S(=O)(=O)O)Nc1ccc(N)c(S(=O)(=O)O)c1O4. The number of halogens is 4. The van der Waals surface area contributed by atoms with Crippen LogP contribution in [0.25, 0.3) is 22.6 Å². The highest BCUT2D eigenvalue weighted by Crippen LogP contribution is 2.55. The van der Waals surface area contributed by atoms with E-state index in [1.54, 1.807) is 0 Å². The molecule has 24 heteroatoms. The van der Waals surface area contributed by atoms with E-state index >= 15 is 0 Å². The Kier molecular flexibility index (Phi) is 8.06. The van der Waals surface area contributed by atoms with Gasteiger partial charge in [0.25, 0.3) is 10.1 Å². The highest BCUT2D eigenvalue weighted by atomic mass is 35.5. The van der Waals surface area contributed by atoms with Crippen LogP contribution in [0.4, 0.5) is 37.3 Å². The zero-order valence-corrected chi connectivity index (χ0v) is 28.9. The van der Waals surface area contributed by atoms with Gasteiger partial charge < -0.3 is 25.5 Å². The van der Waals surface area contributed by atoms with Gasteiger partial charge in [-0.25, -0.2) is 13.4 Å². The molecule has 0 bridgehead atoms. The highest BCUT2D eigenvalue weighted by Gasteiger charge is 2.36. The molecule has 2 aliphatic heterocycles. The molecule has 0 amide bonds. The summed E-state index contributed by atoms with van der Waals surface area (Å²) >= 11 is 13.2. The molecular weight excluding hydrogens is 799 g/mol. The van der Waals surface area contributed by atoms with E-state index in [-0.39, 0.29) is 39.3 Å². The summed E-state index contributed by atoms with van der Waals surface area (Å²) in [4.78, 5) is 6.79. The first-order chi connectivity index (χ1) is 24.3. The van der Waals surface area contributed by atoms with Crippen LogP contribution < -0.4 is 26.5 Å². The Hall–Kier alpha value is -5.23. The molecule has 0 unspecified atom stereocenters. The number of fused-ring (bicyclic) bond motifs is 4. The van der Waals surface area contributed by atoms with Crippen molar-refractivity contribution in [1.29, 1.82) is 5.41 Å². The van der Waals surface area contributed by atoms with Gasteiger partial charge in [0.05, 0.1) is 21.6 Å². The Balaban J connectivity index is 1.43. The number of benzene rings is 4. The molecule has 1 aromatic heterocycles. The fraction of sp³-hybridized carbons (Fsp3) is 0. The van der Waals surface area contributed by atoms with Gasteiger partial charge in [-0.2, -0.15) is 35.6 Å². The van der Waals surface area contributed by atoms with E-state index < -0.39 is 100 Å². The summed E-state index contributed by atoms with van der Waals surface area (Å²) in [7, 11) is -15.3. The number of hydrogen-bond donors (Lipinski definition) is 6. The second-order valence-electron chi connectivity index (χ2n) is 10.7. The molecule has 268 valence electrons. The summed E-state index contributed by atoms with van der Waals surface area (Å²) < 4.78 is 136. The molecule has 52 heavy (non-hydrogen) atoms. The summed E-state index contributed by atoms with van der Waals surface area (Å²) in [6.07, 6.45) is -1.41. The van der Waals surface area contributed by atoms with E-state index in [9.17, 15) is 43.1 Å². The minimum Gasteiger partial charge on any atom is -0.450 e. The van der Waals surface area contributed by atoms with Crippen molar-refractivity contribution < 1.29 is 52.3 Å².